The monoisotopic (exact) mass is 459 g/mol. The van der Waals surface area contributed by atoms with Crippen molar-refractivity contribution in [2.75, 3.05) is 4.90 Å². The number of anilines is 1. The Morgan fingerprint density at radius 1 is 1.09 bits per heavy atom. The second-order valence-corrected chi connectivity index (χ2v) is 9.41. The number of esters is 1. The van der Waals surface area contributed by atoms with Gasteiger partial charge in [-0.25, -0.2) is 9.78 Å². The quantitative estimate of drug-likeness (QED) is 0.539. The summed E-state index contributed by atoms with van der Waals surface area (Å²) in [5.41, 5.74) is 1.15. The molecule has 7 nitrogen and oxygen atoms in total. The summed E-state index contributed by atoms with van der Waals surface area (Å²) < 4.78 is 5.76. The molecule has 1 saturated carbocycles. The van der Waals surface area contributed by atoms with Crippen LogP contribution in [0.25, 0.3) is 10.6 Å². The molecule has 1 aromatic heterocycles. The van der Waals surface area contributed by atoms with Gasteiger partial charge < -0.3 is 9.64 Å². The number of hydrogen-bond acceptors (Lipinski definition) is 6. The van der Waals surface area contributed by atoms with Crippen molar-refractivity contribution < 1.29 is 19.1 Å². The van der Waals surface area contributed by atoms with Gasteiger partial charge in [0.15, 0.2) is 0 Å². The van der Waals surface area contributed by atoms with E-state index in [1.165, 1.54) is 16.2 Å². The highest BCUT2D eigenvalue weighted by Gasteiger charge is 2.64. The zero-order valence-electron chi connectivity index (χ0n) is 17.8. The lowest BCUT2D eigenvalue weighted by Gasteiger charge is -2.48. The third kappa shape index (κ3) is 3.08. The number of nitrogens with zero attached hydrogens (tertiary/aromatic N) is 3. The van der Waals surface area contributed by atoms with E-state index in [9.17, 15) is 14.4 Å². The van der Waals surface area contributed by atoms with Crippen molar-refractivity contribution in [1.29, 1.82) is 0 Å². The highest BCUT2D eigenvalue weighted by atomic mass is 32.1. The van der Waals surface area contributed by atoms with Crippen LogP contribution in [0.15, 0.2) is 60.0 Å². The normalized spacial score (nSPS) is 21.7. The van der Waals surface area contributed by atoms with Crippen molar-refractivity contribution in [3.63, 3.8) is 0 Å². The maximum Gasteiger partial charge on any atom is 0.354 e. The van der Waals surface area contributed by atoms with Crippen LogP contribution in [-0.4, -0.2) is 39.4 Å². The summed E-state index contributed by atoms with van der Waals surface area (Å²) in [6.07, 6.45) is 2.05. The van der Waals surface area contributed by atoms with Crippen LogP contribution in [-0.2, 0) is 20.9 Å². The number of thiazole rings is 1. The van der Waals surface area contributed by atoms with Crippen molar-refractivity contribution in [2.45, 2.75) is 44.0 Å². The summed E-state index contributed by atoms with van der Waals surface area (Å²) in [4.78, 5) is 47.8. The molecule has 2 aromatic carbocycles. The Kier molecular flexibility index (Phi) is 4.58. The molecule has 3 heterocycles. The van der Waals surface area contributed by atoms with E-state index in [1.54, 1.807) is 29.2 Å². The minimum Gasteiger partial charge on any atom is -0.456 e. The fraction of sp³-hybridized carbons (Fsp3) is 0.280. The molecule has 33 heavy (non-hydrogen) atoms. The molecule has 2 amide bonds. The summed E-state index contributed by atoms with van der Waals surface area (Å²) in [6, 6.07) is 16.8. The number of aromatic nitrogens is 1. The van der Waals surface area contributed by atoms with Crippen molar-refractivity contribution in [1.82, 2.24) is 9.88 Å². The number of para-hydroxylation sites is 1. The minimum absolute atomic E-state index is 0.0136. The van der Waals surface area contributed by atoms with Gasteiger partial charge in [0.05, 0.1) is 16.9 Å². The predicted molar refractivity (Wildman–Crippen MR) is 122 cm³/mol. The molecule has 1 unspecified atom stereocenters. The number of carbonyl (C=O) groups excluding carboxylic acids is 3. The zero-order chi connectivity index (χ0) is 22.6. The molecule has 1 aliphatic carbocycles. The van der Waals surface area contributed by atoms with Crippen molar-refractivity contribution in [2.24, 2.45) is 0 Å². The number of hydrogen-bond donors (Lipinski definition) is 0. The number of ether oxygens (including phenoxy) is 1. The zero-order valence-corrected chi connectivity index (χ0v) is 18.6. The van der Waals surface area contributed by atoms with Gasteiger partial charge >= 0.3 is 5.97 Å². The largest absolute Gasteiger partial charge is 0.456 e. The molecule has 6 rings (SSSR count). The summed E-state index contributed by atoms with van der Waals surface area (Å²) in [5, 5.41) is 2.71. The minimum atomic E-state index is -1.43. The Hall–Kier alpha value is -3.52. The molecular weight excluding hydrogens is 438 g/mol. The smallest absolute Gasteiger partial charge is 0.354 e. The van der Waals surface area contributed by atoms with Gasteiger partial charge in [-0.05, 0) is 25.0 Å². The van der Waals surface area contributed by atoms with E-state index in [0.29, 0.717) is 16.9 Å². The van der Waals surface area contributed by atoms with Gasteiger partial charge in [0.2, 0.25) is 11.6 Å². The number of carbonyl (C=O) groups is 3. The molecule has 166 valence electrons. The lowest BCUT2D eigenvalue weighted by atomic mass is 9.96. The molecule has 0 bridgehead atoms. The van der Waals surface area contributed by atoms with Crippen LogP contribution in [0.5, 0.6) is 0 Å². The fourth-order valence-corrected chi connectivity index (χ4v) is 5.66. The van der Waals surface area contributed by atoms with Crippen molar-refractivity contribution in [3.8, 4) is 10.6 Å². The molecule has 2 aliphatic heterocycles. The van der Waals surface area contributed by atoms with Crippen LogP contribution in [0.3, 0.4) is 0 Å². The lowest BCUT2D eigenvalue weighted by molar-refractivity contribution is -0.159. The van der Waals surface area contributed by atoms with Crippen LogP contribution in [0, 0.1) is 0 Å². The molecule has 1 saturated heterocycles. The van der Waals surface area contributed by atoms with E-state index < -0.39 is 11.6 Å². The van der Waals surface area contributed by atoms with E-state index in [4.69, 9.17) is 4.74 Å². The SMILES string of the molecule is O=C1CCC2(C(=O)OCc3csc(-c4ccccc4)n3)N1c1ccccc1C(=O)N2C1CC1. The number of benzene rings is 2. The Bertz CT molecular complexity index is 1270. The molecule has 0 spiro atoms. The van der Waals surface area contributed by atoms with E-state index in [-0.39, 0.29) is 37.3 Å². The highest BCUT2D eigenvalue weighted by molar-refractivity contribution is 7.13. The Morgan fingerprint density at radius 3 is 2.64 bits per heavy atom. The Labute approximate surface area is 194 Å². The Balaban J connectivity index is 1.32. The third-order valence-corrected chi connectivity index (χ3v) is 7.40. The Morgan fingerprint density at radius 2 is 1.85 bits per heavy atom. The average molecular weight is 460 g/mol. The van der Waals surface area contributed by atoms with Crippen molar-refractivity contribution in [3.05, 3.63) is 71.2 Å². The molecule has 1 atom stereocenters. The first-order chi connectivity index (χ1) is 16.1. The highest BCUT2D eigenvalue weighted by Crippen LogP contribution is 2.49. The molecule has 3 aliphatic rings. The maximum atomic E-state index is 13.7. The first-order valence-electron chi connectivity index (χ1n) is 11.0. The second-order valence-electron chi connectivity index (χ2n) is 8.56. The molecule has 0 radical (unpaired) electrons. The first-order valence-corrected chi connectivity index (χ1v) is 11.9. The van der Waals surface area contributed by atoms with Crippen LogP contribution < -0.4 is 4.90 Å². The number of fused-ring (bicyclic) bond motifs is 3. The van der Waals surface area contributed by atoms with Gasteiger partial charge in [-0.15, -0.1) is 11.3 Å². The van der Waals surface area contributed by atoms with Crippen LogP contribution in [0.4, 0.5) is 5.69 Å². The van der Waals surface area contributed by atoms with Crippen molar-refractivity contribution >= 4 is 34.8 Å². The first kappa shape index (κ1) is 20.1. The molecular formula is C25H21N3O4S. The van der Waals surface area contributed by atoms with Gasteiger partial charge in [0.25, 0.3) is 5.91 Å². The van der Waals surface area contributed by atoms with Gasteiger partial charge in [-0.3, -0.25) is 14.5 Å². The fourth-order valence-electron chi connectivity index (χ4n) is 4.85. The standard InChI is InChI=1S/C25H21N3O4S/c29-21-12-13-25(24(31)32-14-17-15-33-22(26-17)16-6-2-1-3-7-16)27(18-10-11-18)23(30)19-8-4-5-9-20(19)28(21)25/h1-9,15,18H,10-14H2. The molecule has 8 heteroatoms. The summed E-state index contributed by atoms with van der Waals surface area (Å²) in [5.74, 6) is -0.953. The summed E-state index contributed by atoms with van der Waals surface area (Å²) >= 11 is 1.48. The maximum absolute atomic E-state index is 13.7. The van der Waals surface area contributed by atoms with E-state index in [2.05, 4.69) is 4.98 Å². The predicted octanol–water partition coefficient (Wildman–Crippen LogP) is 3.99. The van der Waals surface area contributed by atoms with Gasteiger partial charge in [0, 0.05) is 29.8 Å². The van der Waals surface area contributed by atoms with E-state index >= 15 is 0 Å². The summed E-state index contributed by atoms with van der Waals surface area (Å²) in [6.45, 7) is -0.0136. The van der Waals surface area contributed by atoms with Crippen LogP contribution >= 0.6 is 11.3 Å². The van der Waals surface area contributed by atoms with Gasteiger partial charge in [-0.2, -0.15) is 0 Å². The topological polar surface area (TPSA) is 79.8 Å². The van der Waals surface area contributed by atoms with Gasteiger partial charge in [-0.1, -0.05) is 42.5 Å². The van der Waals surface area contributed by atoms with E-state index in [0.717, 1.165) is 23.4 Å². The summed E-state index contributed by atoms with van der Waals surface area (Å²) in [7, 11) is 0. The van der Waals surface area contributed by atoms with E-state index in [1.807, 2.05) is 35.7 Å². The second kappa shape index (κ2) is 7.52. The van der Waals surface area contributed by atoms with Crippen LogP contribution in [0.2, 0.25) is 0 Å². The van der Waals surface area contributed by atoms with Gasteiger partial charge in [0.1, 0.15) is 11.6 Å². The molecule has 0 N–H and O–H groups in total. The number of amides is 2. The number of rotatable bonds is 5. The third-order valence-electron chi connectivity index (χ3n) is 6.46. The molecule has 2 fully saturated rings. The van der Waals surface area contributed by atoms with Crippen LogP contribution in [0.1, 0.15) is 41.7 Å². The molecule has 3 aromatic rings. The lowest BCUT2D eigenvalue weighted by Crippen LogP contribution is -2.69. The average Bonchev–Trinajstić information content (AvgIpc) is 3.45.